The quantitative estimate of drug-likeness (QED) is 0.904. The highest BCUT2D eigenvalue weighted by Crippen LogP contribution is 2.25. The van der Waals surface area contributed by atoms with E-state index in [1.807, 2.05) is 30.3 Å². The molecule has 0 amide bonds. The van der Waals surface area contributed by atoms with E-state index in [9.17, 15) is 0 Å². The fourth-order valence-electron chi connectivity index (χ4n) is 1.92. The lowest BCUT2D eigenvalue weighted by Crippen LogP contribution is -2.35. The lowest BCUT2D eigenvalue weighted by Gasteiger charge is -2.20. The van der Waals surface area contributed by atoms with Crippen LogP contribution in [0.3, 0.4) is 0 Å². The summed E-state index contributed by atoms with van der Waals surface area (Å²) >= 11 is 0. The van der Waals surface area contributed by atoms with Crippen LogP contribution in [0.15, 0.2) is 36.4 Å². The van der Waals surface area contributed by atoms with Gasteiger partial charge in [0.15, 0.2) is 0 Å². The molecule has 3 nitrogen and oxygen atoms in total. The van der Waals surface area contributed by atoms with Gasteiger partial charge >= 0.3 is 0 Å². The topological polar surface area (TPSA) is 34.1 Å². The second-order valence-electron chi connectivity index (χ2n) is 6.37. The lowest BCUT2D eigenvalue weighted by atomic mass is 10.1. The average Bonchev–Trinajstić information content (AvgIpc) is 2.41. The SMILES string of the molecule is Cc1cccc(Oc2cccc(CNC(C)(C)C)n2)c1C. The van der Waals surface area contributed by atoms with Crippen LogP contribution in [0, 0.1) is 13.8 Å². The maximum atomic E-state index is 5.92. The van der Waals surface area contributed by atoms with Crippen molar-refractivity contribution in [2.45, 2.75) is 46.7 Å². The molecule has 0 spiro atoms. The predicted molar refractivity (Wildman–Crippen MR) is 86.8 cm³/mol. The van der Waals surface area contributed by atoms with Crippen LogP contribution in [0.2, 0.25) is 0 Å². The first-order chi connectivity index (χ1) is 9.85. The zero-order valence-electron chi connectivity index (χ0n) is 13.5. The normalized spacial score (nSPS) is 11.5. The van der Waals surface area contributed by atoms with E-state index >= 15 is 0 Å². The first kappa shape index (κ1) is 15.5. The van der Waals surface area contributed by atoms with Crippen molar-refractivity contribution in [3.05, 3.63) is 53.2 Å². The minimum Gasteiger partial charge on any atom is -0.439 e. The highest BCUT2D eigenvalue weighted by atomic mass is 16.5. The van der Waals surface area contributed by atoms with E-state index in [0.29, 0.717) is 5.88 Å². The Bertz CT molecular complexity index is 615. The van der Waals surface area contributed by atoms with E-state index in [1.165, 1.54) is 5.56 Å². The van der Waals surface area contributed by atoms with Gasteiger partial charge in [-0.3, -0.25) is 0 Å². The molecule has 2 aromatic rings. The molecule has 0 unspecified atom stereocenters. The lowest BCUT2D eigenvalue weighted by molar-refractivity contribution is 0.415. The zero-order chi connectivity index (χ0) is 15.5. The van der Waals surface area contributed by atoms with Gasteiger partial charge in [0.1, 0.15) is 5.75 Å². The van der Waals surface area contributed by atoms with E-state index in [2.05, 4.69) is 51.0 Å². The Morgan fingerprint density at radius 3 is 2.48 bits per heavy atom. The highest BCUT2D eigenvalue weighted by Gasteiger charge is 2.10. The van der Waals surface area contributed by atoms with Crippen molar-refractivity contribution in [2.24, 2.45) is 0 Å². The van der Waals surface area contributed by atoms with Gasteiger partial charge in [0.2, 0.25) is 5.88 Å². The molecule has 0 radical (unpaired) electrons. The molecule has 0 fully saturated rings. The van der Waals surface area contributed by atoms with Crippen LogP contribution < -0.4 is 10.1 Å². The van der Waals surface area contributed by atoms with Crippen molar-refractivity contribution in [3.63, 3.8) is 0 Å². The van der Waals surface area contributed by atoms with E-state index in [4.69, 9.17) is 4.74 Å². The Hall–Kier alpha value is -1.87. The summed E-state index contributed by atoms with van der Waals surface area (Å²) in [5, 5.41) is 3.43. The van der Waals surface area contributed by atoms with Crippen LogP contribution >= 0.6 is 0 Å². The molecule has 0 bridgehead atoms. The summed E-state index contributed by atoms with van der Waals surface area (Å²) in [6.45, 7) is 11.3. The van der Waals surface area contributed by atoms with Gasteiger partial charge in [-0.15, -0.1) is 0 Å². The molecule has 1 heterocycles. The number of hydrogen-bond donors (Lipinski definition) is 1. The van der Waals surface area contributed by atoms with Crippen molar-refractivity contribution in [3.8, 4) is 11.6 Å². The first-order valence-electron chi connectivity index (χ1n) is 7.30. The van der Waals surface area contributed by atoms with Gasteiger partial charge in [-0.05, 0) is 57.9 Å². The smallest absolute Gasteiger partial charge is 0.219 e. The van der Waals surface area contributed by atoms with Crippen molar-refractivity contribution < 1.29 is 4.74 Å². The number of aromatic nitrogens is 1. The molecule has 112 valence electrons. The summed E-state index contributed by atoms with van der Waals surface area (Å²) in [6.07, 6.45) is 0. The standard InChI is InChI=1S/C18H24N2O/c1-13-8-6-10-16(14(13)2)21-17-11-7-9-15(20-17)12-19-18(3,4)5/h6-11,19H,12H2,1-5H3. The van der Waals surface area contributed by atoms with Crippen LogP contribution in [0.5, 0.6) is 11.6 Å². The molecule has 1 N–H and O–H groups in total. The van der Waals surface area contributed by atoms with E-state index < -0.39 is 0 Å². The minimum atomic E-state index is 0.0751. The Labute approximate surface area is 127 Å². The van der Waals surface area contributed by atoms with Crippen molar-refractivity contribution in [2.75, 3.05) is 0 Å². The molecule has 0 atom stereocenters. The van der Waals surface area contributed by atoms with Crippen LogP contribution in [-0.2, 0) is 6.54 Å². The molecule has 2 rings (SSSR count). The first-order valence-corrected chi connectivity index (χ1v) is 7.30. The number of nitrogens with one attached hydrogen (secondary N) is 1. The predicted octanol–water partition coefficient (Wildman–Crippen LogP) is 4.38. The third kappa shape index (κ3) is 4.57. The molecule has 0 saturated carbocycles. The van der Waals surface area contributed by atoms with Crippen molar-refractivity contribution >= 4 is 0 Å². The average molecular weight is 284 g/mol. The monoisotopic (exact) mass is 284 g/mol. The zero-order valence-corrected chi connectivity index (χ0v) is 13.5. The molecule has 0 aliphatic heterocycles. The van der Waals surface area contributed by atoms with Crippen molar-refractivity contribution in [1.29, 1.82) is 0 Å². The second kappa shape index (κ2) is 6.27. The van der Waals surface area contributed by atoms with Gasteiger partial charge in [-0.25, -0.2) is 4.98 Å². The Balaban J connectivity index is 2.12. The molecule has 1 aromatic heterocycles. The van der Waals surface area contributed by atoms with Crippen LogP contribution in [0.4, 0.5) is 0 Å². The van der Waals surface area contributed by atoms with Crippen molar-refractivity contribution in [1.82, 2.24) is 10.3 Å². The molecular weight excluding hydrogens is 260 g/mol. The van der Waals surface area contributed by atoms with E-state index in [0.717, 1.165) is 23.6 Å². The number of pyridine rings is 1. The fourth-order valence-corrected chi connectivity index (χ4v) is 1.92. The van der Waals surface area contributed by atoms with Gasteiger partial charge in [0.05, 0.1) is 5.69 Å². The number of hydrogen-bond acceptors (Lipinski definition) is 3. The third-order valence-corrected chi connectivity index (χ3v) is 3.35. The fraction of sp³-hybridized carbons (Fsp3) is 0.389. The highest BCUT2D eigenvalue weighted by molar-refractivity contribution is 5.40. The van der Waals surface area contributed by atoms with Gasteiger partial charge < -0.3 is 10.1 Å². The molecule has 0 aliphatic rings. The third-order valence-electron chi connectivity index (χ3n) is 3.35. The number of benzene rings is 1. The molecular formula is C18H24N2O. The Morgan fingerprint density at radius 2 is 1.76 bits per heavy atom. The maximum Gasteiger partial charge on any atom is 0.219 e. The Kier molecular flexibility index (Phi) is 4.63. The summed E-state index contributed by atoms with van der Waals surface area (Å²) in [4.78, 5) is 4.56. The molecule has 3 heteroatoms. The second-order valence-corrected chi connectivity index (χ2v) is 6.37. The van der Waals surface area contributed by atoms with Crippen LogP contribution in [0.25, 0.3) is 0 Å². The van der Waals surface area contributed by atoms with Gasteiger partial charge in [-0.2, -0.15) is 0 Å². The number of rotatable bonds is 4. The molecule has 1 aromatic carbocycles. The largest absolute Gasteiger partial charge is 0.439 e. The summed E-state index contributed by atoms with van der Waals surface area (Å²) in [7, 11) is 0. The number of nitrogens with zero attached hydrogens (tertiary/aromatic N) is 1. The minimum absolute atomic E-state index is 0.0751. The van der Waals surface area contributed by atoms with Crippen LogP contribution in [-0.4, -0.2) is 10.5 Å². The summed E-state index contributed by atoms with van der Waals surface area (Å²) < 4.78 is 5.92. The van der Waals surface area contributed by atoms with Gasteiger partial charge in [-0.1, -0.05) is 18.2 Å². The molecule has 21 heavy (non-hydrogen) atoms. The molecule has 0 saturated heterocycles. The summed E-state index contributed by atoms with van der Waals surface area (Å²) in [5.74, 6) is 1.50. The van der Waals surface area contributed by atoms with E-state index in [1.54, 1.807) is 0 Å². The van der Waals surface area contributed by atoms with Gasteiger partial charge in [0, 0.05) is 18.2 Å². The maximum absolute atomic E-state index is 5.92. The summed E-state index contributed by atoms with van der Waals surface area (Å²) in [6, 6.07) is 11.9. The summed E-state index contributed by atoms with van der Waals surface area (Å²) in [5.41, 5.74) is 3.43. The number of aryl methyl sites for hydroxylation is 1. The van der Waals surface area contributed by atoms with E-state index in [-0.39, 0.29) is 5.54 Å². The van der Waals surface area contributed by atoms with Crippen LogP contribution in [0.1, 0.15) is 37.6 Å². The Morgan fingerprint density at radius 1 is 1.05 bits per heavy atom. The molecule has 0 aliphatic carbocycles. The van der Waals surface area contributed by atoms with Gasteiger partial charge in [0.25, 0.3) is 0 Å². The number of ether oxygens (including phenoxy) is 1.